The van der Waals surface area contributed by atoms with E-state index in [2.05, 4.69) is 23.0 Å². The Balaban J connectivity index is 0.000000228. The molecule has 0 unspecified atom stereocenters. The highest BCUT2D eigenvalue weighted by molar-refractivity contribution is 5.74. The molecule has 5 nitrogen and oxygen atoms in total. The van der Waals surface area contributed by atoms with Gasteiger partial charge in [-0.3, -0.25) is 9.69 Å². The molecule has 0 spiro atoms. The number of terminal acetylenes is 1. The Morgan fingerprint density at radius 1 is 1.12 bits per heavy atom. The van der Waals surface area contributed by atoms with Crippen molar-refractivity contribution in [3.63, 3.8) is 0 Å². The summed E-state index contributed by atoms with van der Waals surface area (Å²) in [5.74, 6) is 3.46. The Labute approximate surface area is 154 Å². The van der Waals surface area contributed by atoms with Crippen molar-refractivity contribution >= 4 is 6.29 Å². The number of phenolic OH excluding ortho intramolecular Hbond substituents is 1. The smallest absolute Gasteiger partial charge is 0.150 e. The van der Waals surface area contributed by atoms with E-state index in [1.807, 2.05) is 12.1 Å². The molecule has 0 saturated carbocycles. The Bertz CT molecular complexity index is 698. The lowest BCUT2D eigenvalue weighted by molar-refractivity contribution is 0.0342. The minimum absolute atomic E-state index is 0.181. The Kier molecular flexibility index (Phi) is 8.20. The first-order valence-corrected chi connectivity index (χ1v) is 8.41. The van der Waals surface area contributed by atoms with Crippen molar-refractivity contribution in [3.05, 3.63) is 59.7 Å². The Morgan fingerprint density at radius 3 is 2.35 bits per heavy atom. The summed E-state index contributed by atoms with van der Waals surface area (Å²) in [7, 11) is 0. The quantitative estimate of drug-likeness (QED) is 0.662. The molecule has 1 fully saturated rings. The van der Waals surface area contributed by atoms with Crippen molar-refractivity contribution in [2.75, 3.05) is 32.9 Å². The fourth-order valence-electron chi connectivity index (χ4n) is 2.39. The van der Waals surface area contributed by atoms with Crippen LogP contribution in [0.5, 0.6) is 11.5 Å². The number of ether oxygens (including phenoxy) is 2. The highest BCUT2D eigenvalue weighted by Crippen LogP contribution is 2.14. The van der Waals surface area contributed by atoms with E-state index in [1.165, 1.54) is 17.7 Å². The number of hydrogen-bond acceptors (Lipinski definition) is 5. The van der Waals surface area contributed by atoms with E-state index < -0.39 is 0 Å². The molecule has 136 valence electrons. The van der Waals surface area contributed by atoms with Gasteiger partial charge in [0.15, 0.2) is 0 Å². The molecule has 5 heteroatoms. The Morgan fingerprint density at radius 2 is 1.77 bits per heavy atom. The van der Waals surface area contributed by atoms with Crippen LogP contribution in [0.4, 0.5) is 0 Å². The van der Waals surface area contributed by atoms with Crippen LogP contribution in [0, 0.1) is 12.3 Å². The van der Waals surface area contributed by atoms with Crippen LogP contribution in [0.1, 0.15) is 15.9 Å². The lowest BCUT2D eigenvalue weighted by Crippen LogP contribution is -2.35. The van der Waals surface area contributed by atoms with Gasteiger partial charge in [-0.25, -0.2) is 0 Å². The van der Waals surface area contributed by atoms with Gasteiger partial charge in [0.1, 0.15) is 24.4 Å². The summed E-state index contributed by atoms with van der Waals surface area (Å²) in [6.45, 7) is 4.99. The van der Waals surface area contributed by atoms with Crippen molar-refractivity contribution in [3.8, 4) is 23.8 Å². The molecule has 1 saturated heterocycles. The summed E-state index contributed by atoms with van der Waals surface area (Å²) in [5, 5.41) is 8.74. The second-order valence-electron chi connectivity index (χ2n) is 5.73. The van der Waals surface area contributed by atoms with Crippen LogP contribution in [0.25, 0.3) is 0 Å². The van der Waals surface area contributed by atoms with E-state index in [1.54, 1.807) is 12.1 Å². The molecule has 1 N–H and O–H groups in total. The molecule has 0 aromatic heterocycles. The zero-order valence-corrected chi connectivity index (χ0v) is 14.6. The van der Waals surface area contributed by atoms with Gasteiger partial charge in [-0.05, 0) is 42.0 Å². The minimum atomic E-state index is 0.181. The molecule has 2 aromatic carbocycles. The second-order valence-corrected chi connectivity index (χ2v) is 5.73. The zero-order chi connectivity index (χ0) is 18.6. The van der Waals surface area contributed by atoms with Crippen LogP contribution in [0.15, 0.2) is 48.5 Å². The fourth-order valence-corrected chi connectivity index (χ4v) is 2.39. The molecule has 0 radical (unpaired) electrons. The molecule has 1 aliphatic heterocycles. The molecule has 26 heavy (non-hydrogen) atoms. The average molecular weight is 353 g/mol. The number of carbonyl (C=O) groups excluding carboxylic acids is 1. The van der Waals surface area contributed by atoms with Crippen LogP contribution < -0.4 is 4.74 Å². The number of aldehydes is 1. The van der Waals surface area contributed by atoms with Gasteiger partial charge in [-0.2, -0.15) is 0 Å². The van der Waals surface area contributed by atoms with Gasteiger partial charge >= 0.3 is 0 Å². The molecule has 0 bridgehead atoms. The SMILES string of the molecule is C#CCOc1ccc(CN2CCOCC2)cc1.O=Cc1ccc(O)cc1. The number of carbonyl (C=O) groups is 1. The molecule has 1 aliphatic rings. The van der Waals surface area contributed by atoms with Gasteiger partial charge in [0.05, 0.1) is 13.2 Å². The summed E-state index contributed by atoms with van der Waals surface area (Å²) in [5.41, 5.74) is 1.87. The van der Waals surface area contributed by atoms with Gasteiger partial charge < -0.3 is 14.6 Å². The number of hydrogen-bond donors (Lipinski definition) is 1. The maximum absolute atomic E-state index is 10.0. The van der Waals surface area contributed by atoms with Crippen molar-refractivity contribution in [2.45, 2.75) is 6.54 Å². The van der Waals surface area contributed by atoms with E-state index >= 15 is 0 Å². The molecule has 0 atom stereocenters. The number of rotatable bonds is 5. The topological polar surface area (TPSA) is 59.0 Å². The first kappa shape index (κ1) is 19.5. The zero-order valence-electron chi connectivity index (χ0n) is 14.6. The van der Waals surface area contributed by atoms with E-state index in [-0.39, 0.29) is 5.75 Å². The average Bonchev–Trinajstić information content (AvgIpc) is 2.69. The predicted molar refractivity (Wildman–Crippen MR) is 100 cm³/mol. The normalized spacial score (nSPS) is 13.8. The van der Waals surface area contributed by atoms with E-state index in [4.69, 9.17) is 21.0 Å². The number of aromatic hydroxyl groups is 1. The first-order valence-electron chi connectivity index (χ1n) is 8.41. The number of nitrogens with zero attached hydrogens (tertiary/aromatic N) is 1. The van der Waals surface area contributed by atoms with Gasteiger partial charge in [-0.15, -0.1) is 6.42 Å². The van der Waals surface area contributed by atoms with Crippen LogP contribution in [0.3, 0.4) is 0 Å². The highest BCUT2D eigenvalue weighted by atomic mass is 16.5. The molecular formula is C21H23NO4. The Hall–Kier alpha value is -2.81. The number of phenols is 1. The van der Waals surface area contributed by atoms with Crippen molar-refractivity contribution in [2.24, 2.45) is 0 Å². The van der Waals surface area contributed by atoms with Gasteiger partial charge in [0.2, 0.25) is 0 Å². The molecule has 0 aliphatic carbocycles. The summed E-state index contributed by atoms with van der Waals surface area (Å²) in [6, 6.07) is 14.2. The standard InChI is InChI=1S/C14H17NO2.C7H6O2/c1-2-9-17-14-5-3-13(4-6-14)12-15-7-10-16-11-8-15;8-5-6-1-3-7(9)4-2-6/h1,3-6H,7-12H2;1-5,9H. The molecule has 3 rings (SSSR count). The maximum Gasteiger partial charge on any atom is 0.150 e. The molecule has 2 aromatic rings. The third-order valence-corrected chi connectivity index (χ3v) is 3.78. The number of benzene rings is 2. The summed E-state index contributed by atoms with van der Waals surface area (Å²) >= 11 is 0. The van der Waals surface area contributed by atoms with Crippen LogP contribution in [-0.4, -0.2) is 49.2 Å². The van der Waals surface area contributed by atoms with E-state index in [0.29, 0.717) is 12.2 Å². The van der Waals surface area contributed by atoms with E-state index in [0.717, 1.165) is 44.9 Å². The van der Waals surface area contributed by atoms with Gasteiger partial charge in [-0.1, -0.05) is 18.1 Å². The third-order valence-electron chi connectivity index (χ3n) is 3.78. The number of morpholine rings is 1. The van der Waals surface area contributed by atoms with Gasteiger partial charge in [0, 0.05) is 25.2 Å². The lowest BCUT2D eigenvalue weighted by atomic mass is 10.2. The first-order chi connectivity index (χ1) is 12.7. The maximum atomic E-state index is 10.0. The predicted octanol–water partition coefficient (Wildman–Crippen LogP) is 2.74. The summed E-state index contributed by atoms with van der Waals surface area (Å²) in [4.78, 5) is 12.4. The molecular weight excluding hydrogens is 330 g/mol. The second kappa shape index (κ2) is 10.9. The summed E-state index contributed by atoms with van der Waals surface area (Å²) in [6.07, 6.45) is 5.87. The summed E-state index contributed by atoms with van der Waals surface area (Å²) < 4.78 is 10.7. The van der Waals surface area contributed by atoms with Crippen LogP contribution >= 0.6 is 0 Å². The van der Waals surface area contributed by atoms with Gasteiger partial charge in [0.25, 0.3) is 0 Å². The molecule has 0 amide bonds. The van der Waals surface area contributed by atoms with Crippen molar-refractivity contribution < 1.29 is 19.4 Å². The molecule has 1 heterocycles. The van der Waals surface area contributed by atoms with Crippen molar-refractivity contribution in [1.82, 2.24) is 4.90 Å². The monoisotopic (exact) mass is 353 g/mol. The highest BCUT2D eigenvalue weighted by Gasteiger charge is 2.10. The minimum Gasteiger partial charge on any atom is -0.508 e. The van der Waals surface area contributed by atoms with Crippen LogP contribution in [-0.2, 0) is 11.3 Å². The van der Waals surface area contributed by atoms with E-state index in [9.17, 15) is 4.79 Å². The third kappa shape index (κ3) is 6.98. The lowest BCUT2D eigenvalue weighted by Gasteiger charge is -2.26. The largest absolute Gasteiger partial charge is 0.508 e. The fraction of sp³-hybridized carbons (Fsp3) is 0.286. The van der Waals surface area contributed by atoms with Crippen molar-refractivity contribution in [1.29, 1.82) is 0 Å². The van der Waals surface area contributed by atoms with Crippen LogP contribution in [0.2, 0.25) is 0 Å².